The minimum Gasteiger partial charge on any atom is -0.478 e. The van der Waals surface area contributed by atoms with Gasteiger partial charge in [0.1, 0.15) is 11.5 Å². The monoisotopic (exact) mass is 536 g/mol. The molecule has 0 unspecified atom stereocenters. The topological polar surface area (TPSA) is 108 Å². The second-order valence-electron chi connectivity index (χ2n) is 10.7. The molecule has 38 heavy (non-hydrogen) atoms. The number of aliphatic hydroxyl groups excluding tert-OH is 1. The number of amides is 1. The van der Waals surface area contributed by atoms with Gasteiger partial charge in [0.15, 0.2) is 0 Å². The maximum Gasteiger partial charge on any atom is 0.335 e. The molecule has 0 saturated carbocycles. The van der Waals surface area contributed by atoms with Gasteiger partial charge in [-0.1, -0.05) is 50.6 Å². The Hall–Kier alpha value is -3.39. The zero-order chi connectivity index (χ0) is 27.4. The van der Waals surface area contributed by atoms with E-state index in [2.05, 4.69) is 10.6 Å². The van der Waals surface area contributed by atoms with Gasteiger partial charge in [-0.25, -0.2) is 4.79 Å². The lowest BCUT2D eigenvalue weighted by molar-refractivity contribution is -0.123. The molecule has 1 aliphatic rings. The molecule has 4 N–H and O–H groups in total. The van der Waals surface area contributed by atoms with Crippen LogP contribution in [-0.2, 0) is 17.6 Å². The van der Waals surface area contributed by atoms with Crippen molar-refractivity contribution in [1.82, 2.24) is 5.32 Å². The molecule has 0 heterocycles. The number of halogens is 1. The van der Waals surface area contributed by atoms with Crippen molar-refractivity contribution in [1.29, 1.82) is 0 Å². The molecule has 0 saturated heterocycles. The molecule has 200 valence electrons. The van der Waals surface area contributed by atoms with E-state index in [0.717, 1.165) is 30.4 Å². The number of carboxylic acids is 1. The quantitative estimate of drug-likeness (QED) is 0.281. The number of aromatic carboxylic acids is 1. The fraction of sp³-hybridized carbons (Fsp3) is 0.333. The second kappa shape index (κ2) is 11.6. The van der Waals surface area contributed by atoms with Crippen LogP contribution in [0.15, 0.2) is 60.7 Å². The van der Waals surface area contributed by atoms with Crippen molar-refractivity contribution < 1.29 is 24.5 Å². The number of carboxylic acid groups (broad SMARTS) is 1. The molecule has 3 aromatic carbocycles. The summed E-state index contributed by atoms with van der Waals surface area (Å²) in [5.41, 5.74) is 2.90. The van der Waals surface area contributed by atoms with Crippen LogP contribution in [0, 0.1) is 5.41 Å². The van der Waals surface area contributed by atoms with Gasteiger partial charge < -0.3 is 25.6 Å². The number of aliphatic hydroxyl groups is 1. The van der Waals surface area contributed by atoms with Gasteiger partial charge in [0.25, 0.3) is 0 Å². The molecule has 3 aromatic rings. The molecule has 1 amide bonds. The molecule has 0 fully saturated rings. The van der Waals surface area contributed by atoms with Gasteiger partial charge in [-0.2, -0.15) is 0 Å². The van der Waals surface area contributed by atoms with Gasteiger partial charge in [0, 0.05) is 34.8 Å². The van der Waals surface area contributed by atoms with Gasteiger partial charge in [0.05, 0.1) is 11.7 Å². The molecule has 0 radical (unpaired) electrons. The van der Waals surface area contributed by atoms with Crippen molar-refractivity contribution in [2.45, 2.75) is 52.2 Å². The van der Waals surface area contributed by atoms with Gasteiger partial charge in [0.2, 0.25) is 5.91 Å². The Morgan fingerprint density at radius 1 is 1.05 bits per heavy atom. The SMILES string of the molecule is CC(C)(C)C(=O)Nc1cc(Oc2ccc3c(c2)C[C@@H](NC[C@@H](O)c2cccc(Cl)c2)CC3)cc(C(=O)O)c1. The number of rotatable bonds is 8. The Morgan fingerprint density at radius 2 is 1.84 bits per heavy atom. The minimum atomic E-state index is -1.11. The highest BCUT2D eigenvalue weighted by Crippen LogP contribution is 2.31. The van der Waals surface area contributed by atoms with Gasteiger partial charge in [-0.3, -0.25) is 4.79 Å². The first-order valence-corrected chi connectivity index (χ1v) is 13.0. The fourth-order valence-corrected chi connectivity index (χ4v) is 4.59. The van der Waals surface area contributed by atoms with E-state index in [1.54, 1.807) is 39.0 Å². The van der Waals surface area contributed by atoms with E-state index < -0.39 is 17.5 Å². The van der Waals surface area contributed by atoms with Crippen molar-refractivity contribution in [2.24, 2.45) is 5.41 Å². The number of anilines is 1. The van der Waals surface area contributed by atoms with Crippen LogP contribution in [0.25, 0.3) is 0 Å². The number of hydrogen-bond donors (Lipinski definition) is 4. The summed E-state index contributed by atoms with van der Waals surface area (Å²) in [5, 5.41) is 27.0. The van der Waals surface area contributed by atoms with E-state index in [1.807, 2.05) is 30.3 Å². The number of carbonyl (C=O) groups is 2. The number of aryl methyl sites for hydroxylation is 1. The van der Waals surface area contributed by atoms with Crippen molar-refractivity contribution in [3.05, 3.63) is 87.9 Å². The maximum atomic E-state index is 12.4. The van der Waals surface area contributed by atoms with Crippen LogP contribution in [0.5, 0.6) is 11.5 Å². The van der Waals surface area contributed by atoms with E-state index in [1.165, 1.54) is 17.7 Å². The molecule has 2 atom stereocenters. The minimum absolute atomic E-state index is 0.0206. The van der Waals surface area contributed by atoms with Crippen LogP contribution in [0.3, 0.4) is 0 Å². The molecular formula is C30H33ClN2O5. The Morgan fingerprint density at radius 3 is 2.55 bits per heavy atom. The first kappa shape index (κ1) is 27.6. The largest absolute Gasteiger partial charge is 0.478 e. The van der Waals surface area contributed by atoms with Gasteiger partial charge in [-0.15, -0.1) is 0 Å². The first-order valence-electron chi connectivity index (χ1n) is 12.6. The highest BCUT2D eigenvalue weighted by Gasteiger charge is 2.23. The van der Waals surface area contributed by atoms with E-state index in [-0.39, 0.29) is 17.5 Å². The number of nitrogens with one attached hydrogen (secondary N) is 2. The van der Waals surface area contributed by atoms with Crippen LogP contribution in [-0.4, -0.2) is 34.7 Å². The second-order valence-corrected chi connectivity index (χ2v) is 11.1. The van der Waals surface area contributed by atoms with E-state index in [9.17, 15) is 19.8 Å². The van der Waals surface area contributed by atoms with Crippen molar-refractivity contribution in [3.8, 4) is 11.5 Å². The van der Waals surface area contributed by atoms with E-state index in [4.69, 9.17) is 16.3 Å². The number of fused-ring (bicyclic) bond motifs is 1. The summed E-state index contributed by atoms with van der Waals surface area (Å²) >= 11 is 6.05. The average Bonchev–Trinajstić information content (AvgIpc) is 2.86. The fourth-order valence-electron chi connectivity index (χ4n) is 4.39. The number of ether oxygens (including phenoxy) is 1. The predicted molar refractivity (Wildman–Crippen MR) is 148 cm³/mol. The normalized spacial score (nSPS) is 15.9. The predicted octanol–water partition coefficient (Wildman–Crippen LogP) is 6.00. The maximum absolute atomic E-state index is 12.4. The summed E-state index contributed by atoms with van der Waals surface area (Å²) in [4.78, 5) is 24.1. The lowest BCUT2D eigenvalue weighted by Gasteiger charge is -2.27. The summed E-state index contributed by atoms with van der Waals surface area (Å²) in [5.74, 6) is -0.428. The standard InChI is InChI=1S/C30H33ClN2O5/c1-30(2,3)29(37)33-24-13-21(28(35)36)15-26(16-24)38-25-10-8-18-7-9-23(12-20(18)14-25)32-17-27(34)19-5-4-6-22(31)11-19/h4-6,8,10-11,13-16,23,27,32,34H,7,9,12,17H2,1-3H3,(H,33,37)(H,35,36)/t23-,27+/m0/s1. The van der Waals surface area contributed by atoms with Crippen LogP contribution >= 0.6 is 11.6 Å². The summed E-state index contributed by atoms with van der Waals surface area (Å²) in [7, 11) is 0. The van der Waals surface area contributed by atoms with Crippen molar-refractivity contribution in [3.63, 3.8) is 0 Å². The van der Waals surface area contributed by atoms with Crippen LogP contribution in [0.4, 0.5) is 5.69 Å². The third-order valence-corrected chi connectivity index (χ3v) is 6.80. The summed E-state index contributed by atoms with van der Waals surface area (Å²) in [6.45, 7) is 5.78. The molecular weight excluding hydrogens is 504 g/mol. The van der Waals surface area contributed by atoms with Crippen LogP contribution in [0.2, 0.25) is 5.02 Å². The number of carbonyl (C=O) groups excluding carboxylic acids is 1. The molecule has 7 nitrogen and oxygen atoms in total. The zero-order valence-electron chi connectivity index (χ0n) is 21.8. The average molecular weight is 537 g/mol. The zero-order valence-corrected chi connectivity index (χ0v) is 22.5. The van der Waals surface area contributed by atoms with E-state index in [0.29, 0.717) is 28.8 Å². The molecule has 0 aromatic heterocycles. The van der Waals surface area contributed by atoms with Gasteiger partial charge in [-0.05, 0) is 72.4 Å². The van der Waals surface area contributed by atoms with Crippen LogP contribution in [0.1, 0.15) is 60.3 Å². The Kier molecular flexibility index (Phi) is 8.41. The molecule has 0 aliphatic heterocycles. The highest BCUT2D eigenvalue weighted by atomic mass is 35.5. The smallest absolute Gasteiger partial charge is 0.335 e. The molecule has 0 spiro atoms. The number of hydrogen-bond acceptors (Lipinski definition) is 5. The Bertz CT molecular complexity index is 1330. The summed E-state index contributed by atoms with van der Waals surface area (Å²) < 4.78 is 6.06. The summed E-state index contributed by atoms with van der Waals surface area (Å²) in [6, 6.07) is 17.8. The molecule has 8 heteroatoms. The lowest BCUT2D eigenvalue weighted by Crippen LogP contribution is -2.37. The first-order chi connectivity index (χ1) is 18.0. The number of benzene rings is 3. The molecule has 1 aliphatic carbocycles. The Balaban J connectivity index is 1.45. The highest BCUT2D eigenvalue weighted by molar-refractivity contribution is 6.30. The molecule has 4 rings (SSSR count). The summed E-state index contributed by atoms with van der Waals surface area (Å²) in [6.07, 6.45) is 1.97. The molecule has 0 bridgehead atoms. The van der Waals surface area contributed by atoms with Crippen molar-refractivity contribution in [2.75, 3.05) is 11.9 Å². The van der Waals surface area contributed by atoms with Gasteiger partial charge >= 0.3 is 5.97 Å². The lowest BCUT2D eigenvalue weighted by atomic mass is 9.88. The Labute approximate surface area is 227 Å². The third-order valence-electron chi connectivity index (χ3n) is 6.57. The van der Waals surface area contributed by atoms with E-state index >= 15 is 0 Å². The third kappa shape index (κ3) is 7.13. The van der Waals surface area contributed by atoms with Crippen molar-refractivity contribution >= 4 is 29.2 Å². The van der Waals surface area contributed by atoms with Crippen LogP contribution < -0.4 is 15.4 Å².